The molecule has 0 radical (unpaired) electrons. The summed E-state index contributed by atoms with van der Waals surface area (Å²) in [6.07, 6.45) is 3.24. The molecule has 2 rings (SSSR count). The summed E-state index contributed by atoms with van der Waals surface area (Å²) in [5.41, 5.74) is -0.132. The first-order valence-electron chi connectivity index (χ1n) is 8.64. The van der Waals surface area contributed by atoms with Crippen molar-refractivity contribution in [3.63, 3.8) is 0 Å². The zero-order valence-electron chi connectivity index (χ0n) is 15.0. The Kier molecular flexibility index (Phi) is 5.65. The van der Waals surface area contributed by atoms with Crippen LogP contribution in [0.2, 0.25) is 13.1 Å². The van der Waals surface area contributed by atoms with Crippen molar-refractivity contribution in [1.82, 2.24) is 0 Å². The third-order valence-corrected chi connectivity index (χ3v) is 7.54. The highest BCUT2D eigenvalue weighted by Crippen LogP contribution is 2.38. The van der Waals surface area contributed by atoms with Crippen molar-refractivity contribution in [2.24, 2.45) is 0 Å². The largest absolute Gasteiger partial charge is 0.416 e. The lowest BCUT2D eigenvalue weighted by atomic mass is 9.95. The summed E-state index contributed by atoms with van der Waals surface area (Å²) in [5.74, 6) is 0. The van der Waals surface area contributed by atoms with E-state index in [1.165, 1.54) is 24.5 Å². The molecule has 0 fully saturated rings. The molecule has 1 heterocycles. The van der Waals surface area contributed by atoms with E-state index in [-0.39, 0.29) is 0 Å². The minimum absolute atomic E-state index is 0.406. The Bertz CT molecular complexity index is 590. The molecule has 0 spiro atoms. The molecule has 0 bridgehead atoms. The van der Waals surface area contributed by atoms with E-state index in [4.69, 9.17) is 4.43 Å². The van der Waals surface area contributed by atoms with Crippen LogP contribution in [0.4, 0.5) is 13.2 Å². The third kappa shape index (κ3) is 4.73. The van der Waals surface area contributed by atoms with Crippen molar-refractivity contribution in [2.75, 3.05) is 0 Å². The van der Waals surface area contributed by atoms with Gasteiger partial charge in [0, 0.05) is 6.42 Å². The Morgan fingerprint density at radius 2 is 1.71 bits per heavy atom. The maximum Gasteiger partial charge on any atom is 0.416 e. The van der Waals surface area contributed by atoms with Crippen molar-refractivity contribution in [3.05, 3.63) is 46.7 Å². The Labute approximate surface area is 144 Å². The van der Waals surface area contributed by atoms with E-state index < -0.39 is 25.7 Å². The van der Waals surface area contributed by atoms with E-state index in [1.54, 1.807) is 12.1 Å². The maximum absolute atomic E-state index is 12.7. The lowest BCUT2D eigenvalue weighted by Gasteiger charge is -2.29. The lowest BCUT2D eigenvalue weighted by Crippen LogP contribution is -2.37. The van der Waals surface area contributed by atoms with E-state index in [9.17, 15) is 13.2 Å². The zero-order chi connectivity index (χ0) is 18.0. The second-order valence-corrected chi connectivity index (χ2v) is 11.3. The topological polar surface area (TPSA) is 9.23 Å². The summed E-state index contributed by atoms with van der Waals surface area (Å²) in [7, 11) is -1.87. The van der Waals surface area contributed by atoms with Gasteiger partial charge in [-0.05, 0) is 50.6 Å². The highest BCUT2D eigenvalue weighted by molar-refractivity contribution is 6.79. The average molecular weight is 357 g/mol. The first kappa shape index (κ1) is 19.3. The molecule has 1 aromatic rings. The van der Waals surface area contributed by atoms with Gasteiger partial charge in [0.25, 0.3) is 0 Å². The van der Waals surface area contributed by atoms with Gasteiger partial charge in [-0.15, -0.1) is 0 Å². The molecule has 1 unspecified atom stereocenters. The van der Waals surface area contributed by atoms with Crippen LogP contribution in [-0.4, -0.2) is 13.9 Å². The molecule has 0 saturated carbocycles. The smallest absolute Gasteiger partial charge is 0.404 e. The number of hydrogen-bond donors (Lipinski definition) is 0. The van der Waals surface area contributed by atoms with Crippen LogP contribution < -0.4 is 0 Å². The van der Waals surface area contributed by atoms with Crippen LogP contribution in [0.1, 0.15) is 50.7 Å². The predicted molar refractivity (Wildman–Crippen MR) is 94.3 cm³/mol. The molecule has 24 heavy (non-hydrogen) atoms. The van der Waals surface area contributed by atoms with E-state index in [2.05, 4.69) is 26.1 Å². The molecule has 1 nitrogen and oxygen atoms in total. The Morgan fingerprint density at radius 3 is 2.25 bits per heavy atom. The quantitative estimate of drug-likeness (QED) is 0.430. The van der Waals surface area contributed by atoms with Gasteiger partial charge in [0.05, 0.1) is 11.2 Å². The molecule has 0 aliphatic carbocycles. The van der Waals surface area contributed by atoms with Crippen LogP contribution in [-0.2, 0) is 17.0 Å². The fourth-order valence-corrected chi connectivity index (χ4v) is 6.32. The van der Waals surface area contributed by atoms with Crippen LogP contribution in [0, 0.1) is 0 Å². The number of halogens is 3. The Hall–Kier alpha value is -1.07. The van der Waals surface area contributed by atoms with E-state index in [0.717, 1.165) is 24.1 Å². The van der Waals surface area contributed by atoms with Gasteiger partial charge in [0.15, 0.2) is 0 Å². The van der Waals surface area contributed by atoms with Gasteiger partial charge >= 0.3 is 6.18 Å². The van der Waals surface area contributed by atoms with Gasteiger partial charge in [-0.25, -0.2) is 0 Å². The summed E-state index contributed by atoms with van der Waals surface area (Å²) in [6, 6.07) is 5.44. The van der Waals surface area contributed by atoms with Crippen LogP contribution in [0.15, 0.2) is 35.5 Å². The Morgan fingerprint density at radius 1 is 1.08 bits per heavy atom. The van der Waals surface area contributed by atoms with Gasteiger partial charge < -0.3 is 4.43 Å². The minimum Gasteiger partial charge on any atom is -0.404 e. The number of unbranched alkanes of at least 4 members (excludes halogenated alkanes) is 2. The van der Waals surface area contributed by atoms with E-state index >= 15 is 0 Å². The van der Waals surface area contributed by atoms with E-state index in [1.807, 2.05) is 6.92 Å². The fourth-order valence-electron chi connectivity index (χ4n) is 3.46. The van der Waals surface area contributed by atoms with Gasteiger partial charge in [-0.2, -0.15) is 13.2 Å². The summed E-state index contributed by atoms with van der Waals surface area (Å²) < 4.78 is 44.4. The first-order valence-corrected chi connectivity index (χ1v) is 11.5. The highest BCUT2D eigenvalue weighted by Gasteiger charge is 2.42. The molecule has 0 N–H and O–H groups in total. The number of allylic oxidation sites excluding steroid dienone is 1. The molecular formula is C19H27F3OSi. The van der Waals surface area contributed by atoms with Crippen LogP contribution in [0.5, 0.6) is 0 Å². The van der Waals surface area contributed by atoms with Crippen LogP contribution >= 0.6 is 0 Å². The first-order chi connectivity index (χ1) is 11.1. The van der Waals surface area contributed by atoms with Gasteiger partial charge in [0.2, 0.25) is 8.32 Å². The van der Waals surface area contributed by atoms with Crippen molar-refractivity contribution in [3.8, 4) is 0 Å². The van der Waals surface area contributed by atoms with Gasteiger partial charge in [0.1, 0.15) is 0 Å². The molecular weight excluding hydrogens is 329 g/mol. The average Bonchev–Trinajstić information content (AvgIpc) is 2.67. The molecule has 134 valence electrons. The van der Waals surface area contributed by atoms with Crippen molar-refractivity contribution >= 4 is 8.32 Å². The fraction of sp³-hybridized carbons (Fsp3) is 0.579. The minimum atomic E-state index is -4.28. The normalized spacial score (nSPS) is 23.4. The summed E-state index contributed by atoms with van der Waals surface area (Å²) in [6.45, 7) is 8.66. The maximum atomic E-state index is 12.7. The van der Waals surface area contributed by atoms with Crippen LogP contribution in [0.3, 0.4) is 0 Å². The zero-order valence-corrected chi connectivity index (χ0v) is 16.0. The number of alkyl halides is 3. The number of hydrogen-bond acceptors (Lipinski definition) is 1. The lowest BCUT2D eigenvalue weighted by molar-refractivity contribution is -0.137. The highest BCUT2D eigenvalue weighted by atomic mass is 28.4. The standard InChI is InChI=1S/C19H27F3OSi/c1-5-6-7-8-17-14-18(2,23-24(17,3)4)13-15-9-11-16(12-10-15)19(20,21)22/h9-12,14H,5-8,13H2,1-4H3. The van der Waals surface area contributed by atoms with Crippen LogP contribution in [0.25, 0.3) is 0 Å². The van der Waals surface area contributed by atoms with E-state index in [0.29, 0.717) is 6.42 Å². The Balaban J connectivity index is 2.11. The molecule has 1 aliphatic rings. The van der Waals surface area contributed by atoms with Crippen molar-refractivity contribution in [2.45, 2.75) is 70.8 Å². The molecule has 5 heteroatoms. The molecule has 1 atom stereocenters. The second-order valence-electron chi connectivity index (χ2n) is 7.42. The second kappa shape index (κ2) is 7.04. The monoisotopic (exact) mass is 356 g/mol. The molecule has 1 aliphatic heterocycles. The molecule has 1 aromatic carbocycles. The molecule has 0 amide bonds. The van der Waals surface area contributed by atoms with Gasteiger partial charge in [-0.3, -0.25) is 0 Å². The molecule has 0 aromatic heterocycles. The third-order valence-electron chi connectivity index (χ3n) is 4.63. The summed E-state index contributed by atoms with van der Waals surface area (Å²) in [5, 5.41) is 1.44. The van der Waals surface area contributed by atoms with Crippen molar-refractivity contribution < 1.29 is 17.6 Å². The van der Waals surface area contributed by atoms with Gasteiger partial charge in [-0.1, -0.05) is 43.2 Å². The SMILES string of the molecule is CCCCCC1=CC(C)(Cc2ccc(C(F)(F)F)cc2)O[Si]1(C)C. The number of rotatable bonds is 6. The summed E-state index contributed by atoms with van der Waals surface area (Å²) >= 11 is 0. The molecule has 0 saturated heterocycles. The van der Waals surface area contributed by atoms with Crippen molar-refractivity contribution in [1.29, 1.82) is 0 Å². The predicted octanol–water partition coefficient (Wildman–Crippen LogP) is 6.29. The summed E-state index contributed by atoms with van der Waals surface area (Å²) in [4.78, 5) is 0. The number of benzene rings is 1.